The van der Waals surface area contributed by atoms with E-state index >= 15 is 0 Å². The molecule has 1 atom stereocenters. The Morgan fingerprint density at radius 1 is 1.35 bits per heavy atom. The van der Waals surface area contributed by atoms with Crippen LogP contribution in [0.25, 0.3) is 0 Å². The summed E-state index contributed by atoms with van der Waals surface area (Å²) in [5.74, 6) is 1.86. The summed E-state index contributed by atoms with van der Waals surface area (Å²) in [5, 5.41) is 3.48. The minimum atomic E-state index is 0.323. The van der Waals surface area contributed by atoms with Crippen LogP contribution in [0, 0.1) is 0 Å². The zero-order valence-electron chi connectivity index (χ0n) is 11.5. The van der Waals surface area contributed by atoms with Crippen molar-refractivity contribution in [3.8, 4) is 5.75 Å². The van der Waals surface area contributed by atoms with Crippen LogP contribution in [0.3, 0.4) is 0 Å². The molecule has 0 saturated heterocycles. The number of rotatable bonds is 6. The van der Waals surface area contributed by atoms with Gasteiger partial charge in [-0.05, 0) is 47.1 Å². The summed E-state index contributed by atoms with van der Waals surface area (Å²) in [6.45, 7) is 2.88. The number of methoxy groups -OCH3 is 1. The first-order chi connectivity index (χ1) is 9.60. The van der Waals surface area contributed by atoms with E-state index < -0.39 is 0 Å². The smallest absolute Gasteiger partial charge is 0.137 e. The van der Waals surface area contributed by atoms with E-state index in [1.165, 1.54) is 0 Å². The van der Waals surface area contributed by atoms with Crippen LogP contribution in [-0.2, 0) is 13.0 Å². The minimum absolute atomic E-state index is 0.323. The third-order valence-electron chi connectivity index (χ3n) is 3.02. The molecule has 0 radical (unpaired) electrons. The van der Waals surface area contributed by atoms with E-state index in [1.54, 1.807) is 13.4 Å². The molecule has 2 aromatic rings. The van der Waals surface area contributed by atoms with Gasteiger partial charge in [-0.2, -0.15) is 0 Å². The Morgan fingerprint density at radius 2 is 2.15 bits per heavy atom. The maximum Gasteiger partial charge on any atom is 0.137 e. The Morgan fingerprint density at radius 3 is 2.80 bits per heavy atom. The van der Waals surface area contributed by atoms with Gasteiger partial charge in [-0.3, -0.25) is 0 Å². The molecule has 0 aliphatic carbocycles. The average Bonchev–Trinajstić information content (AvgIpc) is 2.88. The van der Waals surface area contributed by atoms with Gasteiger partial charge in [0.2, 0.25) is 0 Å². The molecule has 0 saturated carbocycles. The standard InChI is InChI=1S/C15H17Br2NO2/c1-10(6-13-4-3-5-20-13)18-9-11-7-12(16)8-14(17)15(11)19-2/h3-5,7-8,10,18H,6,9H2,1-2H3. The molecule has 3 nitrogen and oxygen atoms in total. The van der Waals surface area contributed by atoms with Crippen LogP contribution in [0.15, 0.2) is 43.9 Å². The van der Waals surface area contributed by atoms with Gasteiger partial charge in [-0.1, -0.05) is 15.9 Å². The Hall–Kier alpha value is -0.780. The van der Waals surface area contributed by atoms with E-state index in [0.29, 0.717) is 6.04 Å². The van der Waals surface area contributed by atoms with Crippen molar-refractivity contribution in [3.63, 3.8) is 0 Å². The number of halogens is 2. The lowest BCUT2D eigenvalue weighted by Gasteiger charge is -2.16. The van der Waals surface area contributed by atoms with Crippen molar-refractivity contribution in [1.29, 1.82) is 0 Å². The third-order valence-corrected chi connectivity index (χ3v) is 4.06. The Bertz CT molecular complexity index is 555. The lowest BCUT2D eigenvalue weighted by Crippen LogP contribution is -2.27. The first kappa shape index (κ1) is 15.6. The van der Waals surface area contributed by atoms with E-state index in [0.717, 1.165) is 39.0 Å². The van der Waals surface area contributed by atoms with Crippen molar-refractivity contribution in [2.45, 2.75) is 25.9 Å². The summed E-state index contributed by atoms with van der Waals surface area (Å²) < 4.78 is 12.8. The normalized spacial score (nSPS) is 12.4. The van der Waals surface area contributed by atoms with E-state index in [9.17, 15) is 0 Å². The fourth-order valence-corrected chi connectivity index (χ4v) is 3.54. The number of nitrogens with one attached hydrogen (secondary N) is 1. The highest BCUT2D eigenvalue weighted by molar-refractivity contribution is 9.11. The second-order valence-corrected chi connectivity index (χ2v) is 6.42. The molecule has 0 fully saturated rings. The lowest BCUT2D eigenvalue weighted by atomic mass is 10.1. The summed E-state index contributed by atoms with van der Waals surface area (Å²) in [7, 11) is 1.68. The van der Waals surface area contributed by atoms with Gasteiger partial charge in [0.25, 0.3) is 0 Å². The lowest BCUT2D eigenvalue weighted by molar-refractivity contribution is 0.401. The first-order valence-corrected chi connectivity index (χ1v) is 7.96. The largest absolute Gasteiger partial charge is 0.495 e. The molecule has 108 valence electrons. The van der Waals surface area contributed by atoms with Crippen molar-refractivity contribution in [2.75, 3.05) is 7.11 Å². The van der Waals surface area contributed by atoms with Crippen LogP contribution in [0.1, 0.15) is 18.2 Å². The molecule has 0 spiro atoms. The summed E-state index contributed by atoms with van der Waals surface area (Å²) >= 11 is 7.02. The van der Waals surface area contributed by atoms with E-state index in [2.05, 4.69) is 50.2 Å². The second-order valence-electron chi connectivity index (χ2n) is 4.65. The van der Waals surface area contributed by atoms with Crippen molar-refractivity contribution in [1.82, 2.24) is 5.32 Å². The van der Waals surface area contributed by atoms with E-state index in [-0.39, 0.29) is 0 Å². The van der Waals surface area contributed by atoms with E-state index in [4.69, 9.17) is 9.15 Å². The predicted octanol–water partition coefficient (Wildman–Crippen LogP) is 4.53. The quantitative estimate of drug-likeness (QED) is 0.770. The van der Waals surface area contributed by atoms with Gasteiger partial charge in [-0.25, -0.2) is 0 Å². The van der Waals surface area contributed by atoms with Crippen molar-refractivity contribution >= 4 is 31.9 Å². The van der Waals surface area contributed by atoms with Crippen LogP contribution in [0.4, 0.5) is 0 Å². The van der Waals surface area contributed by atoms with E-state index in [1.807, 2.05) is 18.2 Å². The first-order valence-electron chi connectivity index (χ1n) is 6.38. The Balaban J connectivity index is 1.99. The Labute approximate surface area is 136 Å². The minimum Gasteiger partial charge on any atom is -0.495 e. The third kappa shape index (κ3) is 4.11. The van der Waals surface area contributed by atoms with Gasteiger partial charge in [0.1, 0.15) is 11.5 Å². The highest BCUT2D eigenvalue weighted by Crippen LogP contribution is 2.32. The van der Waals surface area contributed by atoms with Crippen LogP contribution in [-0.4, -0.2) is 13.2 Å². The molecule has 1 aromatic heterocycles. The van der Waals surface area contributed by atoms with Crippen molar-refractivity contribution in [3.05, 3.63) is 50.8 Å². The average molecular weight is 403 g/mol. The summed E-state index contributed by atoms with van der Waals surface area (Å²) in [5.41, 5.74) is 1.11. The zero-order chi connectivity index (χ0) is 14.5. The second kappa shape index (κ2) is 7.29. The van der Waals surface area contributed by atoms with Crippen molar-refractivity contribution in [2.24, 2.45) is 0 Å². The topological polar surface area (TPSA) is 34.4 Å². The van der Waals surface area contributed by atoms with Gasteiger partial charge >= 0.3 is 0 Å². The predicted molar refractivity (Wildman–Crippen MR) is 87.1 cm³/mol. The fourth-order valence-electron chi connectivity index (χ4n) is 2.06. The molecule has 1 N–H and O–H groups in total. The molecule has 0 aliphatic heterocycles. The van der Waals surface area contributed by atoms with Crippen LogP contribution in [0.5, 0.6) is 5.75 Å². The number of benzene rings is 1. The SMILES string of the molecule is COc1c(Br)cc(Br)cc1CNC(C)Cc1ccco1. The molecular weight excluding hydrogens is 386 g/mol. The van der Waals surface area contributed by atoms with Gasteiger partial charge < -0.3 is 14.5 Å². The fraction of sp³-hybridized carbons (Fsp3) is 0.333. The maximum atomic E-state index is 5.44. The van der Waals surface area contributed by atoms with Gasteiger partial charge in [0.05, 0.1) is 17.8 Å². The summed E-state index contributed by atoms with van der Waals surface area (Å²) in [4.78, 5) is 0. The molecule has 0 bridgehead atoms. The molecule has 5 heteroatoms. The molecule has 0 aliphatic rings. The van der Waals surface area contributed by atoms with Gasteiger partial charge in [-0.15, -0.1) is 0 Å². The summed E-state index contributed by atoms with van der Waals surface area (Å²) in [6.07, 6.45) is 2.57. The highest BCUT2D eigenvalue weighted by atomic mass is 79.9. The summed E-state index contributed by atoms with van der Waals surface area (Å²) in [6, 6.07) is 8.28. The zero-order valence-corrected chi connectivity index (χ0v) is 14.6. The molecule has 1 heterocycles. The van der Waals surface area contributed by atoms with Crippen LogP contribution >= 0.6 is 31.9 Å². The van der Waals surface area contributed by atoms with Crippen molar-refractivity contribution < 1.29 is 9.15 Å². The number of hydrogen-bond donors (Lipinski definition) is 1. The Kier molecular flexibility index (Phi) is 5.69. The molecule has 1 unspecified atom stereocenters. The maximum absolute atomic E-state index is 5.44. The van der Waals surface area contributed by atoms with Gasteiger partial charge in [0.15, 0.2) is 0 Å². The van der Waals surface area contributed by atoms with Gasteiger partial charge in [0, 0.05) is 29.0 Å². The highest BCUT2D eigenvalue weighted by Gasteiger charge is 2.11. The number of hydrogen-bond acceptors (Lipinski definition) is 3. The molecule has 0 amide bonds. The van der Waals surface area contributed by atoms with Crippen LogP contribution in [0.2, 0.25) is 0 Å². The monoisotopic (exact) mass is 401 g/mol. The molecule has 1 aromatic carbocycles. The van der Waals surface area contributed by atoms with Crippen LogP contribution < -0.4 is 10.1 Å². The number of furan rings is 1. The molecule has 20 heavy (non-hydrogen) atoms. The molecular formula is C15H17Br2NO2. The number of ether oxygens (including phenoxy) is 1. The molecule has 2 rings (SSSR count).